The van der Waals surface area contributed by atoms with Crippen molar-refractivity contribution in [2.24, 2.45) is 0 Å². The predicted molar refractivity (Wildman–Crippen MR) is 559 cm³/mol. The van der Waals surface area contributed by atoms with Crippen LogP contribution >= 0.6 is 23.2 Å². The Labute approximate surface area is 804 Å². The van der Waals surface area contributed by atoms with Crippen molar-refractivity contribution >= 4 is 146 Å². The molecule has 676 valence electrons. The van der Waals surface area contributed by atoms with E-state index in [0.717, 1.165) is 174 Å². The lowest BCUT2D eigenvalue weighted by Gasteiger charge is -2.12. The first-order valence-electron chi connectivity index (χ1n) is 44.6. The number of rotatable bonds is 20. The first-order chi connectivity index (χ1) is 66.6. The maximum atomic E-state index is 6.22. The van der Waals surface area contributed by atoms with Crippen LogP contribution in [0.3, 0.4) is 0 Å². The van der Waals surface area contributed by atoms with Crippen LogP contribution in [0, 0.1) is 76.2 Å². The van der Waals surface area contributed by atoms with E-state index in [-0.39, 0.29) is 0 Å². The highest BCUT2D eigenvalue weighted by atomic mass is 35.5. The molecular formula is C115H97Cl2N15O5. The molecule has 0 unspecified atom stereocenters. The predicted octanol–water partition coefficient (Wildman–Crippen LogP) is 31.7. The van der Waals surface area contributed by atoms with Crippen LogP contribution in [0.1, 0.15) is 61.2 Å². The number of aryl methyl sites for hydroxylation is 11. The third kappa shape index (κ3) is 23.6. The van der Waals surface area contributed by atoms with Crippen LogP contribution in [0.25, 0.3) is 65.3 Å². The molecule has 5 heterocycles. The van der Waals surface area contributed by atoms with Gasteiger partial charge in [-0.2, -0.15) is 0 Å². The Balaban J connectivity index is 0.000000119. The largest absolute Gasteiger partial charge is 0.457 e. The van der Waals surface area contributed by atoms with E-state index in [1.54, 1.807) is 49.8 Å². The highest BCUT2D eigenvalue weighted by molar-refractivity contribution is 6.31. The molecule has 0 bridgehead atoms. The Kier molecular flexibility index (Phi) is 28.7. The summed E-state index contributed by atoms with van der Waals surface area (Å²) < 4.78 is 30.0. The minimum atomic E-state index is 0.639. The lowest BCUT2D eigenvalue weighted by molar-refractivity contribution is 0.479. The molecule has 0 aliphatic heterocycles. The monoisotopic (exact) mass is 1840 g/mol. The number of para-hydroxylation sites is 2. The number of fused-ring (bicyclic) bond motifs is 6. The maximum absolute atomic E-state index is 6.22. The minimum absolute atomic E-state index is 0.639. The number of hydrogen-bond acceptors (Lipinski definition) is 20. The van der Waals surface area contributed by atoms with Crippen molar-refractivity contribution in [3.05, 3.63) is 430 Å². The minimum Gasteiger partial charge on any atom is -0.457 e. The van der Waals surface area contributed by atoms with E-state index in [1.165, 1.54) is 55.6 Å². The van der Waals surface area contributed by atoms with Gasteiger partial charge in [-0.25, -0.2) is 49.8 Å². The molecule has 0 radical (unpaired) electrons. The van der Waals surface area contributed by atoms with Gasteiger partial charge in [-0.05, 0) is 331 Å². The van der Waals surface area contributed by atoms with E-state index in [2.05, 4.69) is 225 Å². The Morgan fingerprint density at radius 2 is 0.445 bits per heavy atom. The zero-order valence-electron chi connectivity index (χ0n) is 77.3. The lowest BCUT2D eigenvalue weighted by atomic mass is 10.1. The van der Waals surface area contributed by atoms with Crippen molar-refractivity contribution in [2.45, 2.75) is 76.2 Å². The summed E-state index contributed by atoms with van der Waals surface area (Å²) in [6.45, 7) is 23.0. The van der Waals surface area contributed by atoms with E-state index < -0.39 is 0 Å². The highest BCUT2D eigenvalue weighted by Crippen LogP contribution is 2.39. The first-order valence-corrected chi connectivity index (χ1v) is 45.3. The van der Waals surface area contributed by atoms with Crippen molar-refractivity contribution in [2.75, 3.05) is 26.6 Å². The van der Waals surface area contributed by atoms with Gasteiger partial charge in [-0.15, -0.1) is 0 Å². The molecule has 22 heteroatoms. The molecule has 0 fully saturated rings. The molecule has 0 spiro atoms. The van der Waals surface area contributed by atoms with E-state index in [9.17, 15) is 0 Å². The van der Waals surface area contributed by atoms with Gasteiger partial charge in [-0.3, -0.25) is 0 Å². The quantitative estimate of drug-likeness (QED) is 0.0477. The molecule has 137 heavy (non-hydrogen) atoms. The van der Waals surface area contributed by atoms with Crippen molar-refractivity contribution in [3.63, 3.8) is 0 Å². The van der Waals surface area contributed by atoms with Crippen LogP contribution in [-0.2, 0) is 0 Å². The summed E-state index contributed by atoms with van der Waals surface area (Å²) >= 11 is 11.9. The van der Waals surface area contributed by atoms with Crippen LogP contribution in [-0.4, -0.2) is 49.8 Å². The molecule has 5 N–H and O–H groups in total. The standard InChI is InChI=1S/C26H21N3O.C23H21N3O.2C22H18ClN3O.C22H19N3O/c1-17-13-23-24(14-18(17)2)27-16-28-26(23)29-20-9-6-10-21(15-20)30-25-12-5-8-19-7-3-4-11-22(19)25;1-15-7-4-5-10-22(15)27-19-9-6-8-18(13-19)26-23-20-11-16(2)17(3)12-21(20)24-14-25-23;1-14-9-20-21(10-15(14)2)24-13-25-22(20)26-17-6-4-8-19(12-17)27-18-7-3-5-16(23)11-18;1-14-10-20-21(11-15(14)2)24-13-25-22(20)26-17-4-3-5-19(12-17)27-18-8-6-16(23)7-9-18;1-15-11-20-21(12-16(15)2)23-14-24-22(20)25-17-7-6-10-19(13-17)26-18-8-4-3-5-9-18/h3-16H,1-2H3,(H,27,28,29);4-14H,1-3H3,(H,24,25,26);2*3-13H,1-2H3,(H,24,25,26);3-14H,1-2H3,(H,23,24,25). The molecule has 0 saturated carbocycles. The topological polar surface area (TPSA) is 235 Å². The molecule has 0 aliphatic rings. The zero-order chi connectivity index (χ0) is 94.8. The third-order valence-electron chi connectivity index (χ3n) is 23.1. The van der Waals surface area contributed by atoms with Crippen LogP contribution in [0.5, 0.6) is 57.5 Å². The number of anilines is 10. The molecule has 5 aromatic heterocycles. The number of aromatic nitrogens is 10. The second kappa shape index (κ2) is 42.7. The summed E-state index contributed by atoms with van der Waals surface area (Å²) in [5, 5.41) is 25.5. The third-order valence-corrected chi connectivity index (χ3v) is 23.6. The summed E-state index contributed by atoms with van der Waals surface area (Å²) in [7, 11) is 0. The van der Waals surface area contributed by atoms with Gasteiger partial charge >= 0.3 is 0 Å². The van der Waals surface area contributed by atoms with Gasteiger partial charge in [-0.1, -0.05) is 132 Å². The van der Waals surface area contributed by atoms with Crippen molar-refractivity contribution in [1.29, 1.82) is 0 Å². The Bertz CT molecular complexity index is 7950. The first kappa shape index (κ1) is 91.9. The molecule has 0 saturated heterocycles. The van der Waals surface area contributed by atoms with Crippen LogP contribution in [0.2, 0.25) is 10.0 Å². The average Bonchev–Trinajstić information content (AvgIpc) is 0.850. The van der Waals surface area contributed by atoms with Crippen molar-refractivity contribution < 1.29 is 23.7 Å². The van der Waals surface area contributed by atoms with Crippen LogP contribution < -0.4 is 50.3 Å². The fraction of sp³-hybridized carbons (Fsp3) is 0.0957. The van der Waals surface area contributed by atoms with E-state index in [0.29, 0.717) is 21.5 Å². The van der Waals surface area contributed by atoms with Gasteiger partial charge in [0, 0.05) is 101 Å². The molecule has 0 aliphatic carbocycles. The van der Waals surface area contributed by atoms with Gasteiger partial charge in [0.2, 0.25) is 0 Å². The number of nitrogens with zero attached hydrogens (tertiary/aromatic N) is 10. The summed E-state index contributed by atoms with van der Waals surface area (Å²) in [5.74, 6) is 11.6. The number of halogens is 2. The Hall–Kier alpha value is -16.9. The molecule has 0 atom stereocenters. The van der Waals surface area contributed by atoms with E-state index >= 15 is 0 Å². The van der Waals surface area contributed by atoms with E-state index in [1.807, 2.05) is 237 Å². The lowest BCUT2D eigenvalue weighted by Crippen LogP contribution is -1.97. The van der Waals surface area contributed by atoms with Gasteiger partial charge < -0.3 is 50.3 Å². The molecular weight excluding hydrogens is 1740 g/mol. The number of ether oxygens (including phenoxy) is 5. The van der Waals surface area contributed by atoms with Crippen LogP contribution in [0.4, 0.5) is 57.5 Å². The van der Waals surface area contributed by atoms with Gasteiger partial charge in [0.1, 0.15) is 118 Å². The number of nitrogens with one attached hydrogen (secondary N) is 5. The van der Waals surface area contributed by atoms with Gasteiger partial charge in [0.25, 0.3) is 0 Å². The molecule has 21 aromatic rings. The second-order valence-corrected chi connectivity index (χ2v) is 34.0. The zero-order valence-corrected chi connectivity index (χ0v) is 78.8. The SMILES string of the molecule is Cc1cc2ncnc(Nc3cccc(Oc4ccc(Cl)cc4)c3)c2cc1C.Cc1cc2ncnc(Nc3cccc(Oc4cccc(Cl)c4)c3)c2cc1C.Cc1cc2ncnc(Nc3cccc(Oc4cccc5ccccc45)c3)c2cc1C.Cc1cc2ncnc(Nc3cccc(Oc4ccccc4)c3)c2cc1C.Cc1cc2ncnc(Nc3cccc(Oc4ccccc4C)c3)c2cc1C. The van der Waals surface area contributed by atoms with Crippen LogP contribution in [0.15, 0.2) is 359 Å². The van der Waals surface area contributed by atoms with E-state index in [4.69, 9.17) is 46.9 Å². The Morgan fingerprint density at radius 1 is 0.182 bits per heavy atom. The normalized spacial score (nSPS) is 10.8. The average molecular weight is 1840 g/mol. The highest BCUT2D eigenvalue weighted by Gasteiger charge is 2.17. The number of hydrogen-bond donors (Lipinski definition) is 5. The fourth-order valence-corrected chi connectivity index (χ4v) is 15.4. The summed E-state index contributed by atoms with van der Waals surface area (Å²) in [4.78, 5) is 44.1. The molecule has 0 amide bonds. The summed E-state index contributed by atoms with van der Waals surface area (Å²) in [6, 6.07) is 107. The maximum Gasteiger partial charge on any atom is 0.141 e. The Morgan fingerprint density at radius 3 is 0.803 bits per heavy atom. The van der Waals surface area contributed by atoms with Crippen molar-refractivity contribution in [3.8, 4) is 57.5 Å². The fourth-order valence-electron chi connectivity index (χ4n) is 15.1. The smallest absolute Gasteiger partial charge is 0.141 e. The van der Waals surface area contributed by atoms with Gasteiger partial charge in [0.15, 0.2) is 0 Å². The number of benzene rings is 16. The van der Waals surface area contributed by atoms with Gasteiger partial charge in [0.05, 0.1) is 27.6 Å². The molecule has 21 rings (SSSR count). The molecule has 16 aromatic carbocycles. The summed E-state index contributed by atoms with van der Waals surface area (Å²) in [5.41, 5.74) is 22.4. The molecule has 20 nitrogen and oxygen atoms in total. The summed E-state index contributed by atoms with van der Waals surface area (Å²) in [6.07, 6.45) is 7.92. The van der Waals surface area contributed by atoms with Crippen molar-refractivity contribution in [1.82, 2.24) is 49.8 Å². The second-order valence-electron chi connectivity index (χ2n) is 33.1.